The number of alkyl halides is 1. The van der Waals surface area contributed by atoms with Crippen LogP contribution in [0.25, 0.3) is 0 Å². The number of rotatable bonds is 3. The van der Waals surface area contributed by atoms with Gasteiger partial charge in [0.2, 0.25) is 0 Å². The van der Waals surface area contributed by atoms with Gasteiger partial charge >= 0.3 is 0 Å². The SMILES string of the molecule is CC#Cc1cc(C)c(C2C(=O)CC3(CC2=O)CN(C(=O)C(C)F)C3)c(OC)c1. The van der Waals surface area contributed by atoms with Crippen molar-refractivity contribution in [3.63, 3.8) is 0 Å². The molecule has 1 heterocycles. The Kier molecular flexibility index (Phi) is 5.29. The van der Waals surface area contributed by atoms with Crippen molar-refractivity contribution in [2.75, 3.05) is 20.2 Å². The van der Waals surface area contributed by atoms with Gasteiger partial charge in [0.05, 0.1) is 7.11 Å². The fourth-order valence-corrected chi connectivity index (χ4v) is 4.42. The summed E-state index contributed by atoms with van der Waals surface area (Å²) in [6.07, 6.45) is -1.17. The normalized spacial score (nSPS) is 19.7. The summed E-state index contributed by atoms with van der Waals surface area (Å²) >= 11 is 0. The van der Waals surface area contributed by atoms with E-state index in [1.807, 2.05) is 13.0 Å². The Hall–Kier alpha value is -2.68. The van der Waals surface area contributed by atoms with Gasteiger partial charge in [-0.3, -0.25) is 14.4 Å². The monoisotopic (exact) mass is 385 g/mol. The number of amides is 1. The van der Waals surface area contributed by atoms with Crippen LogP contribution in [-0.4, -0.2) is 48.7 Å². The van der Waals surface area contributed by atoms with Crippen LogP contribution in [0.15, 0.2) is 12.1 Å². The summed E-state index contributed by atoms with van der Waals surface area (Å²) < 4.78 is 18.7. The number of carbonyl (C=O) groups is 3. The molecule has 3 rings (SSSR count). The second-order valence-corrected chi connectivity index (χ2v) is 7.81. The molecule has 28 heavy (non-hydrogen) atoms. The van der Waals surface area contributed by atoms with Crippen LogP contribution in [0.2, 0.25) is 0 Å². The fraction of sp³-hybridized carbons (Fsp3) is 0.500. The van der Waals surface area contributed by atoms with Gasteiger partial charge in [-0.25, -0.2) is 4.39 Å². The van der Waals surface area contributed by atoms with Crippen molar-refractivity contribution in [1.82, 2.24) is 4.90 Å². The summed E-state index contributed by atoms with van der Waals surface area (Å²) in [4.78, 5) is 39.1. The molecule has 1 aliphatic heterocycles. The summed E-state index contributed by atoms with van der Waals surface area (Å²) in [6.45, 7) is 5.29. The van der Waals surface area contributed by atoms with Crippen molar-refractivity contribution in [3.8, 4) is 17.6 Å². The van der Waals surface area contributed by atoms with Gasteiger partial charge < -0.3 is 9.64 Å². The molecule has 1 aliphatic carbocycles. The van der Waals surface area contributed by atoms with Gasteiger partial charge in [-0.05, 0) is 38.5 Å². The molecule has 148 valence electrons. The van der Waals surface area contributed by atoms with Crippen LogP contribution < -0.4 is 4.74 Å². The molecule has 2 fully saturated rings. The molecular weight excluding hydrogens is 361 g/mol. The standard InChI is InChI=1S/C22H24FNO4/c1-5-6-15-7-13(2)19(18(8-15)28-4)20-16(25)9-22(10-17(20)26)11-24(12-22)21(27)14(3)23/h7-8,14,20H,9-12H2,1-4H3. The number of hydrogen-bond donors (Lipinski definition) is 0. The first-order valence-electron chi connectivity index (χ1n) is 9.31. The van der Waals surface area contributed by atoms with Crippen molar-refractivity contribution in [2.45, 2.75) is 45.7 Å². The number of nitrogens with zero attached hydrogens (tertiary/aromatic N) is 1. The maximum Gasteiger partial charge on any atom is 0.256 e. The van der Waals surface area contributed by atoms with Crippen LogP contribution in [0.5, 0.6) is 5.75 Å². The predicted octanol–water partition coefficient (Wildman–Crippen LogP) is 2.58. The molecule has 1 aromatic rings. The first-order valence-corrected chi connectivity index (χ1v) is 9.31. The van der Waals surface area contributed by atoms with E-state index in [0.717, 1.165) is 11.1 Å². The van der Waals surface area contributed by atoms with Crippen molar-refractivity contribution >= 4 is 17.5 Å². The fourth-order valence-electron chi connectivity index (χ4n) is 4.42. The number of methoxy groups -OCH3 is 1. The van der Waals surface area contributed by atoms with E-state index in [0.29, 0.717) is 11.3 Å². The van der Waals surface area contributed by atoms with E-state index >= 15 is 0 Å². The van der Waals surface area contributed by atoms with E-state index in [-0.39, 0.29) is 37.5 Å². The number of carbonyl (C=O) groups excluding carboxylic acids is 3. The molecule has 0 N–H and O–H groups in total. The smallest absolute Gasteiger partial charge is 0.256 e. The molecule has 1 aromatic carbocycles. The minimum absolute atomic E-state index is 0.174. The molecule has 1 saturated heterocycles. The van der Waals surface area contributed by atoms with E-state index in [9.17, 15) is 18.8 Å². The number of benzene rings is 1. The second kappa shape index (κ2) is 7.38. The number of ether oxygens (including phenoxy) is 1. The van der Waals surface area contributed by atoms with Gasteiger partial charge in [0.15, 0.2) is 6.17 Å². The number of halogens is 1. The van der Waals surface area contributed by atoms with Crippen LogP contribution in [0.1, 0.15) is 49.3 Å². The summed E-state index contributed by atoms with van der Waals surface area (Å²) in [5, 5.41) is 0. The Morgan fingerprint density at radius 3 is 2.39 bits per heavy atom. The highest BCUT2D eigenvalue weighted by Gasteiger charge is 2.54. The van der Waals surface area contributed by atoms with Crippen molar-refractivity contribution in [1.29, 1.82) is 0 Å². The Bertz CT molecular complexity index is 883. The maximum atomic E-state index is 13.2. The molecule has 1 amide bonds. The number of hydrogen-bond acceptors (Lipinski definition) is 4. The Labute approximate surface area is 164 Å². The zero-order valence-corrected chi connectivity index (χ0v) is 16.6. The molecule has 1 unspecified atom stereocenters. The molecule has 5 nitrogen and oxygen atoms in total. The van der Waals surface area contributed by atoms with Crippen LogP contribution in [0.3, 0.4) is 0 Å². The molecular formula is C22H24FNO4. The first-order chi connectivity index (χ1) is 13.2. The maximum absolute atomic E-state index is 13.2. The zero-order valence-electron chi connectivity index (χ0n) is 16.6. The van der Waals surface area contributed by atoms with Crippen LogP contribution >= 0.6 is 0 Å². The van der Waals surface area contributed by atoms with Gasteiger partial charge in [-0.2, -0.15) is 0 Å². The third-order valence-electron chi connectivity index (χ3n) is 5.57. The topological polar surface area (TPSA) is 63.7 Å². The van der Waals surface area contributed by atoms with Gasteiger partial charge in [-0.15, -0.1) is 5.92 Å². The minimum Gasteiger partial charge on any atom is -0.496 e. The van der Waals surface area contributed by atoms with Gasteiger partial charge in [-0.1, -0.05) is 5.92 Å². The largest absolute Gasteiger partial charge is 0.496 e. The number of likely N-dealkylation sites (tertiary alicyclic amines) is 1. The molecule has 0 radical (unpaired) electrons. The Balaban J connectivity index is 1.85. The lowest BCUT2D eigenvalue weighted by Gasteiger charge is -2.52. The minimum atomic E-state index is -1.57. The molecule has 0 bridgehead atoms. The van der Waals surface area contributed by atoms with Crippen molar-refractivity contribution < 1.29 is 23.5 Å². The lowest BCUT2D eigenvalue weighted by molar-refractivity contribution is -0.157. The third-order valence-corrected chi connectivity index (χ3v) is 5.57. The summed E-state index contributed by atoms with van der Waals surface area (Å²) in [6, 6.07) is 3.60. The van der Waals surface area contributed by atoms with Crippen molar-refractivity contribution in [3.05, 3.63) is 28.8 Å². The zero-order chi connectivity index (χ0) is 20.6. The van der Waals surface area contributed by atoms with Crippen LogP contribution in [0, 0.1) is 24.2 Å². The highest BCUT2D eigenvalue weighted by molar-refractivity contribution is 6.11. The number of Topliss-reactive ketones (excluding diaryl/α,β-unsaturated/α-hetero) is 2. The quantitative estimate of drug-likeness (QED) is 0.593. The lowest BCUT2D eigenvalue weighted by atomic mass is 9.63. The number of ketones is 2. The van der Waals surface area contributed by atoms with Gasteiger partial charge in [0, 0.05) is 42.5 Å². The van der Waals surface area contributed by atoms with Gasteiger partial charge in [0.25, 0.3) is 5.91 Å². The highest BCUT2D eigenvalue weighted by Crippen LogP contribution is 2.47. The summed E-state index contributed by atoms with van der Waals surface area (Å²) in [5.41, 5.74) is 1.60. The molecule has 1 saturated carbocycles. The van der Waals surface area contributed by atoms with E-state index in [4.69, 9.17) is 4.74 Å². The van der Waals surface area contributed by atoms with E-state index < -0.39 is 23.4 Å². The van der Waals surface area contributed by atoms with E-state index in [1.54, 1.807) is 13.0 Å². The Morgan fingerprint density at radius 2 is 1.89 bits per heavy atom. The van der Waals surface area contributed by atoms with E-state index in [1.165, 1.54) is 18.9 Å². The molecule has 1 spiro atoms. The van der Waals surface area contributed by atoms with E-state index in [2.05, 4.69) is 11.8 Å². The first kappa shape index (κ1) is 20.1. The lowest BCUT2D eigenvalue weighted by Crippen LogP contribution is -2.63. The molecule has 2 aliphatic rings. The molecule has 6 heteroatoms. The molecule has 1 atom stereocenters. The highest BCUT2D eigenvalue weighted by atomic mass is 19.1. The van der Waals surface area contributed by atoms with Crippen molar-refractivity contribution in [2.24, 2.45) is 5.41 Å². The van der Waals surface area contributed by atoms with Crippen LogP contribution in [0.4, 0.5) is 4.39 Å². The van der Waals surface area contributed by atoms with Gasteiger partial charge in [0.1, 0.15) is 23.2 Å². The third kappa shape index (κ3) is 3.42. The average molecular weight is 385 g/mol. The summed E-state index contributed by atoms with van der Waals surface area (Å²) in [5.74, 6) is 4.48. The van der Waals surface area contributed by atoms with Crippen LogP contribution in [-0.2, 0) is 14.4 Å². The average Bonchev–Trinajstić information content (AvgIpc) is 2.59. The predicted molar refractivity (Wildman–Crippen MR) is 102 cm³/mol. The number of aryl methyl sites for hydroxylation is 1. The Morgan fingerprint density at radius 1 is 1.29 bits per heavy atom. The molecule has 0 aromatic heterocycles. The summed E-state index contributed by atoms with van der Waals surface area (Å²) in [7, 11) is 1.51. The second-order valence-electron chi connectivity index (χ2n) is 7.81.